The summed E-state index contributed by atoms with van der Waals surface area (Å²) in [4.78, 5) is 8.04. The van der Waals surface area contributed by atoms with Crippen LogP contribution < -0.4 is 15.7 Å². The summed E-state index contributed by atoms with van der Waals surface area (Å²) in [5.41, 5.74) is 13.1. The molecule has 2 nitrogen and oxygen atoms in total. The van der Waals surface area contributed by atoms with E-state index < -0.39 is 0 Å². The summed E-state index contributed by atoms with van der Waals surface area (Å²) in [6, 6.07) is 55.2. The SMILES string of the molecule is Cc1cc2c3c(c1)-n1c4c(cccc4c4ccc5ccccc5c41)B3N(c1cccc3c1sc1ccccc13)c1cc3c(cc1-2)Sc1ccccc1S3. The summed E-state index contributed by atoms with van der Waals surface area (Å²) in [6.45, 7) is 2.26. The molecular formula is C47H27BN2S3. The zero-order valence-corrected chi connectivity index (χ0v) is 31.0. The van der Waals surface area contributed by atoms with E-state index >= 15 is 0 Å². The van der Waals surface area contributed by atoms with Gasteiger partial charge in [-0.25, -0.2) is 0 Å². The summed E-state index contributed by atoms with van der Waals surface area (Å²) in [6.07, 6.45) is 0. The fraction of sp³-hybridized carbons (Fsp3) is 0.0213. The molecule has 10 aromatic rings. The second-order valence-corrected chi connectivity index (χ2v) is 17.7. The lowest BCUT2D eigenvalue weighted by Gasteiger charge is -2.43. The molecule has 0 saturated heterocycles. The highest BCUT2D eigenvalue weighted by molar-refractivity contribution is 8.05. The third-order valence-electron chi connectivity index (χ3n) is 11.6. The Balaban J connectivity index is 1.20. The first-order valence-electron chi connectivity index (χ1n) is 18.1. The molecule has 0 bridgehead atoms. The van der Waals surface area contributed by atoms with Crippen LogP contribution in [0, 0.1) is 6.92 Å². The first kappa shape index (κ1) is 29.1. The molecule has 8 aromatic carbocycles. The molecule has 2 aromatic heterocycles. The first-order valence-corrected chi connectivity index (χ1v) is 20.6. The van der Waals surface area contributed by atoms with Gasteiger partial charge >= 0.3 is 6.85 Å². The molecule has 0 unspecified atom stereocenters. The van der Waals surface area contributed by atoms with Crippen molar-refractivity contribution in [2.24, 2.45) is 0 Å². The van der Waals surface area contributed by atoms with E-state index in [2.05, 4.69) is 162 Å². The number of hydrogen-bond donors (Lipinski definition) is 0. The average Bonchev–Trinajstić information content (AvgIpc) is 3.75. The molecule has 13 rings (SSSR count). The van der Waals surface area contributed by atoms with Crippen molar-refractivity contribution in [2.75, 3.05) is 4.81 Å². The Bertz CT molecular complexity index is 3280. The van der Waals surface area contributed by atoms with E-state index in [1.807, 2.05) is 34.9 Å². The van der Waals surface area contributed by atoms with E-state index in [4.69, 9.17) is 0 Å². The van der Waals surface area contributed by atoms with Gasteiger partial charge in [0, 0.05) is 73.8 Å². The minimum Gasteiger partial charge on any atom is -0.375 e. The van der Waals surface area contributed by atoms with Gasteiger partial charge in [0.1, 0.15) is 0 Å². The Labute approximate surface area is 318 Å². The highest BCUT2D eigenvalue weighted by Crippen LogP contribution is 2.55. The normalized spacial score (nSPS) is 13.9. The summed E-state index contributed by atoms with van der Waals surface area (Å²) in [5.74, 6) is 0. The van der Waals surface area contributed by atoms with Gasteiger partial charge in [-0.05, 0) is 76.8 Å². The molecule has 0 N–H and O–H groups in total. The average molecular weight is 727 g/mol. The Hall–Kier alpha value is -5.40. The van der Waals surface area contributed by atoms with E-state index in [1.165, 1.54) is 117 Å². The van der Waals surface area contributed by atoms with Gasteiger partial charge in [0.05, 0.1) is 15.7 Å². The molecule has 53 heavy (non-hydrogen) atoms. The molecular weight excluding hydrogens is 700 g/mol. The molecule has 0 fully saturated rings. The van der Waals surface area contributed by atoms with Crippen LogP contribution in [0.3, 0.4) is 0 Å². The Kier molecular flexibility index (Phi) is 5.70. The summed E-state index contributed by atoms with van der Waals surface area (Å²) >= 11 is 5.74. The lowest BCUT2D eigenvalue weighted by atomic mass is 9.44. The number of benzene rings is 8. The highest BCUT2D eigenvalue weighted by atomic mass is 32.2. The lowest BCUT2D eigenvalue weighted by molar-refractivity contribution is 1.14. The number of nitrogens with zero attached hydrogens (tertiary/aromatic N) is 2. The van der Waals surface area contributed by atoms with Crippen molar-refractivity contribution >= 4 is 117 Å². The molecule has 0 saturated carbocycles. The lowest BCUT2D eigenvalue weighted by Crippen LogP contribution is -2.60. The molecule has 0 atom stereocenters. The van der Waals surface area contributed by atoms with Crippen molar-refractivity contribution in [3.8, 4) is 16.8 Å². The van der Waals surface area contributed by atoms with Gasteiger partial charge in [-0.1, -0.05) is 127 Å². The number of para-hydroxylation sites is 1. The number of rotatable bonds is 1. The van der Waals surface area contributed by atoms with Crippen molar-refractivity contribution in [1.29, 1.82) is 0 Å². The molecule has 0 spiro atoms. The predicted molar refractivity (Wildman–Crippen MR) is 230 cm³/mol. The van der Waals surface area contributed by atoms with Crippen molar-refractivity contribution in [3.05, 3.63) is 151 Å². The highest BCUT2D eigenvalue weighted by Gasteiger charge is 2.45. The van der Waals surface area contributed by atoms with Gasteiger partial charge in [0.15, 0.2) is 0 Å². The number of hydrogen-bond acceptors (Lipinski definition) is 4. The van der Waals surface area contributed by atoms with Gasteiger partial charge < -0.3 is 9.38 Å². The molecule has 0 amide bonds. The van der Waals surface area contributed by atoms with Crippen LogP contribution in [0.1, 0.15) is 5.56 Å². The smallest absolute Gasteiger partial charge is 0.333 e. The van der Waals surface area contributed by atoms with Crippen LogP contribution in [0.25, 0.3) is 69.6 Å². The van der Waals surface area contributed by atoms with Gasteiger partial charge in [-0.2, -0.15) is 0 Å². The van der Waals surface area contributed by atoms with Gasteiger partial charge in [-0.3, -0.25) is 0 Å². The van der Waals surface area contributed by atoms with E-state index in [1.54, 1.807) is 0 Å². The molecule has 0 aliphatic carbocycles. The quantitative estimate of drug-likeness (QED) is 0.156. The van der Waals surface area contributed by atoms with Crippen molar-refractivity contribution in [3.63, 3.8) is 0 Å². The van der Waals surface area contributed by atoms with Crippen molar-refractivity contribution in [2.45, 2.75) is 26.5 Å². The maximum absolute atomic E-state index is 2.72. The van der Waals surface area contributed by atoms with Gasteiger partial charge in [0.25, 0.3) is 0 Å². The molecule has 6 heteroatoms. The van der Waals surface area contributed by atoms with E-state index in [0.29, 0.717) is 0 Å². The minimum absolute atomic E-state index is 0.0118. The third-order valence-corrected chi connectivity index (χ3v) is 15.4. The largest absolute Gasteiger partial charge is 0.375 e. The summed E-state index contributed by atoms with van der Waals surface area (Å²) in [5, 5.41) is 7.85. The van der Waals surface area contributed by atoms with Crippen LogP contribution in [-0.4, -0.2) is 11.4 Å². The van der Waals surface area contributed by atoms with E-state index in [0.717, 1.165) is 0 Å². The first-order chi connectivity index (χ1) is 26.2. The predicted octanol–water partition coefficient (Wildman–Crippen LogP) is 12.5. The van der Waals surface area contributed by atoms with Crippen LogP contribution in [0.15, 0.2) is 165 Å². The van der Waals surface area contributed by atoms with E-state index in [-0.39, 0.29) is 6.85 Å². The summed E-state index contributed by atoms with van der Waals surface area (Å²) < 4.78 is 5.29. The third kappa shape index (κ3) is 3.78. The van der Waals surface area contributed by atoms with Gasteiger partial charge in [0.2, 0.25) is 0 Å². The Morgan fingerprint density at radius 2 is 1.21 bits per heavy atom. The van der Waals surface area contributed by atoms with Crippen molar-refractivity contribution < 1.29 is 0 Å². The number of aromatic nitrogens is 1. The molecule has 5 heterocycles. The number of thiophene rings is 1. The summed E-state index contributed by atoms with van der Waals surface area (Å²) in [7, 11) is 0. The zero-order chi connectivity index (χ0) is 34.5. The van der Waals surface area contributed by atoms with Crippen LogP contribution in [0.5, 0.6) is 0 Å². The Morgan fingerprint density at radius 3 is 2.09 bits per heavy atom. The van der Waals surface area contributed by atoms with Crippen molar-refractivity contribution in [1.82, 2.24) is 4.57 Å². The molecule has 3 aliphatic heterocycles. The van der Waals surface area contributed by atoms with Crippen LogP contribution in [0.2, 0.25) is 0 Å². The molecule has 0 radical (unpaired) electrons. The second-order valence-electron chi connectivity index (χ2n) is 14.5. The second kappa shape index (κ2) is 10.4. The fourth-order valence-electron chi connectivity index (χ4n) is 9.52. The molecule has 3 aliphatic rings. The Morgan fingerprint density at radius 1 is 0.491 bits per heavy atom. The molecule has 246 valence electrons. The fourth-order valence-corrected chi connectivity index (χ4v) is 13.0. The van der Waals surface area contributed by atoms with Crippen LogP contribution >= 0.6 is 34.9 Å². The maximum Gasteiger partial charge on any atom is 0.333 e. The topological polar surface area (TPSA) is 8.17 Å². The van der Waals surface area contributed by atoms with Crippen LogP contribution in [-0.2, 0) is 0 Å². The standard InChI is InChI=1S/C47H27BN2S3/c1-26-22-34-33-24-42-43(52-41-19-7-6-18-40(41)51-42)25-37(33)50(36-16-9-14-32-29-12-4-5-17-39(29)53-47(32)36)48-35-15-8-13-30-31-21-20-27-10-2-3-11-28(27)45(31)49(46(30)35)38(23-26)44(34)48/h2-25H,1H3. The maximum atomic E-state index is 2.72. The number of fused-ring (bicyclic) bond motifs is 14. The van der Waals surface area contributed by atoms with E-state index in [9.17, 15) is 0 Å². The minimum atomic E-state index is -0.0118. The van der Waals surface area contributed by atoms with Crippen LogP contribution in [0.4, 0.5) is 11.4 Å². The number of aryl methyl sites for hydroxylation is 1. The number of anilines is 2. The van der Waals surface area contributed by atoms with Gasteiger partial charge in [-0.15, -0.1) is 11.3 Å². The monoisotopic (exact) mass is 726 g/mol. The zero-order valence-electron chi connectivity index (χ0n) is 28.6.